The Morgan fingerprint density at radius 2 is 1.75 bits per heavy atom. The second kappa shape index (κ2) is 7.36. The number of halogens is 1. The number of hydrogen-bond donors (Lipinski definition) is 1. The molecule has 0 amide bonds. The molecule has 0 spiro atoms. The Morgan fingerprint density at radius 3 is 2.20 bits per heavy atom. The van der Waals surface area contributed by atoms with Crippen LogP contribution >= 0.6 is 0 Å². The summed E-state index contributed by atoms with van der Waals surface area (Å²) in [7, 11) is 0.381. The fourth-order valence-electron chi connectivity index (χ4n) is 1.81. The molecule has 0 aliphatic rings. The van der Waals surface area contributed by atoms with E-state index in [1.807, 2.05) is 0 Å². The van der Waals surface area contributed by atoms with E-state index in [0.29, 0.717) is 23.9 Å². The molecule has 0 saturated carbocycles. The first-order valence-corrected chi connectivity index (χ1v) is 8.58. The van der Waals surface area contributed by atoms with E-state index in [4.69, 9.17) is 5.11 Å². The number of alkyl halides is 1. The number of sulfone groups is 1. The van der Waals surface area contributed by atoms with Gasteiger partial charge >= 0.3 is 5.97 Å². The maximum Gasteiger partial charge on any atom is 0.359 e. The molecule has 120 valence electrons. The van der Waals surface area contributed by atoms with E-state index >= 15 is 0 Å². The number of carboxylic acids is 1. The molecule has 0 atom stereocenters. The average molecular weight is 312 g/mol. The molecular weight excluding hydrogens is 285 g/mol. The smallest absolute Gasteiger partial charge is 0.359 e. The molecule has 0 fully saturated rings. The van der Waals surface area contributed by atoms with Crippen molar-refractivity contribution in [1.29, 1.82) is 0 Å². The van der Waals surface area contributed by atoms with Gasteiger partial charge in [0.15, 0.2) is 6.54 Å². The second-order valence-corrected chi connectivity index (χ2v) is 8.84. The zero-order valence-corrected chi connectivity index (χ0v) is 13.7. The van der Waals surface area contributed by atoms with Gasteiger partial charge in [-0.1, -0.05) is 0 Å². The van der Waals surface area contributed by atoms with E-state index in [1.54, 1.807) is 14.1 Å². The monoisotopic (exact) mass is 312 g/mol. The zero-order chi connectivity index (χ0) is 16.0. The molecule has 0 radical (unpaired) electrons. The highest BCUT2D eigenvalue weighted by Crippen LogP contribution is 2.15. The normalized spacial score (nSPS) is 13.4. The lowest BCUT2D eigenvalue weighted by molar-refractivity contribution is -0.883. The van der Waals surface area contributed by atoms with Gasteiger partial charge in [0.25, 0.3) is 0 Å². The van der Waals surface area contributed by atoms with Crippen molar-refractivity contribution < 1.29 is 27.2 Å². The van der Waals surface area contributed by atoms with Crippen LogP contribution in [0.25, 0.3) is 0 Å². The maximum absolute atomic E-state index is 13.3. The molecule has 0 saturated heterocycles. The predicted molar refractivity (Wildman–Crippen MR) is 77.2 cm³/mol. The van der Waals surface area contributed by atoms with E-state index < -0.39 is 21.5 Å². The van der Waals surface area contributed by atoms with Gasteiger partial charge in [0.2, 0.25) is 0 Å². The first-order valence-electron chi connectivity index (χ1n) is 6.76. The van der Waals surface area contributed by atoms with Gasteiger partial charge in [0.05, 0.1) is 32.1 Å². The third kappa shape index (κ3) is 11.2. The summed E-state index contributed by atoms with van der Waals surface area (Å²) >= 11 is 0. The number of nitrogens with zero attached hydrogens (tertiary/aromatic N) is 1. The number of carboxylic acid groups (broad SMARTS) is 1. The maximum atomic E-state index is 13.3. The van der Waals surface area contributed by atoms with Crippen LogP contribution in [0.2, 0.25) is 0 Å². The topological polar surface area (TPSA) is 71.4 Å². The van der Waals surface area contributed by atoms with Crippen molar-refractivity contribution in [3.63, 3.8) is 0 Å². The molecule has 0 aromatic rings. The number of carbonyl (C=O) groups is 1. The Hall–Kier alpha value is -0.690. The van der Waals surface area contributed by atoms with Crippen molar-refractivity contribution in [2.75, 3.05) is 38.7 Å². The standard InChI is InChI=1S/C13H26FNO4S/c1-13(2,14)7-10-20(18,19)9-6-5-8-15(3,4)11-12(16)17/h5-11H2,1-4H3/p+1. The molecule has 0 aliphatic carbocycles. The molecule has 1 N–H and O–H groups in total. The van der Waals surface area contributed by atoms with Crippen LogP contribution in [0.3, 0.4) is 0 Å². The summed E-state index contributed by atoms with van der Waals surface area (Å²) < 4.78 is 37.0. The Morgan fingerprint density at radius 1 is 1.20 bits per heavy atom. The van der Waals surface area contributed by atoms with Crippen LogP contribution in [-0.2, 0) is 14.6 Å². The number of aliphatic carboxylic acids is 1. The van der Waals surface area contributed by atoms with Gasteiger partial charge in [-0.25, -0.2) is 17.6 Å². The summed E-state index contributed by atoms with van der Waals surface area (Å²) in [6, 6.07) is 0. The van der Waals surface area contributed by atoms with Crippen molar-refractivity contribution in [2.24, 2.45) is 0 Å². The molecule has 0 aromatic carbocycles. The first-order chi connectivity index (χ1) is 8.83. The number of hydrogen-bond acceptors (Lipinski definition) is 3. The van der Waals surface area contributed by atoms with Crippen LogP contribution in [0.5, 0.6) is 0 Å². The predicted octanol–water partition coefficient (Wildman–Crippen LogP) is 1.48. The molecule has 0 unspecified atom stereocenters. The van der Waals surface area contributed by atoms with E-state index in [0.717, 1.165) is 0 Å². The Balaban J connectivity index is 4.03. The van der Waals surface area contributed by atoms with Crippen molar-refractivity contribution in [3.05, 3.63) is 0 Å². The van der Waals surface area contributed by atoms with Crippen LogP contribution < -0.4 is 0 Å². The summed E-state index contributed by atoms with van der Waals surface area (Å²) in [5.74, 6) is -0.965. The lowest BCUT2D eigenvalue weighted by Gasteiger charge is -2.27. The average Bonchev–Trinajstić information content (AvgIpc) is 2.19. The molecule has 0 heterocycles. The van der Waals surface area contributed by atoms with E-state index in [1.165, 1.54) is 13.8 Å². The van der Waals surface area contributed by atoms with Gasteiger partial charge in [-0.05, 0) is 33.1 Å². The summed E-state index contributed by atoms with van der Waals surface area (Å²) in [4.78, 5) is 10.6. The highest BCUT2D eigenvalue weighted by atomic mass is 32.2. The second-order valence-electron chi connectivity index (χ2n) is 6.54. The molecule has 0 aromatic heterocycles. The largest absolute Gasteiger partial charge is 0.477 e. The molecule has 20 heavy (non-hydrogen) atoms. The number of unbranched alkanes of at least 4 members (excludes halogenated alkanes) is 1. The highest BCUT2D eigenvalue weighted by Gasteiger charge is 2.22. The highest BCUT2D eigenvalue weighted by molar-refractivity contribution is 7.91. The van der Waals surface area contributed by atoms with Crippen LogP contribution in [0.1, 0.15) is 33.1 Å². The summed E-state index contributed by atoms with van der Waals surface area (Å²) in [6.45, 7) is 3.36. The zero-order valence-electron chi connectivity index (χ0n) is 12.9. The van der Waals surface area contributed by atoms with Crippen LogP contribution in [0.15, 0.2) is 0 Å². The number of rotatable bonds is 10. The summed E-state index contributed by atoms with van der Waals surface area (Å²) in [5, 5.41) is 8.73. The first kappa shape index (κ1) is 19.3. The summed E-state index contributed by atoms with van der Waals surface area (Å²) in [5.41, 5.74) is -1.46. The number of likely N-dealkylation sites (N-methyl/N-ethyl adjacent to an activating group) is 1. The van der Waals surface area contributed by atoms with Crippen molar-refractivity contribution >= 4 is 15.8 Å². The van der Waals surface area contributed by atoms with E-state index in [-0.39, 0.29) is 24.5 Å². The van der Waals surface area contributed by atoms with Crippen molar-refractivity contribution in [1.82, 2.24) is 0 Å². The quantitative estimate of drug-likeness (QED) is 0.490. The minimum Gasteiger partial charge on any atom is -0.477 e. The Bertz CT molecular complexity index is 413. The SMILES string of the molecule is CC(C)(F)CCS(=O)(=O)CCCC[N+](C)(C)CC(=O)O. The molecule has 0 rings (SSSR count). The summed E-state index contributed by atoms with van der Waals surface area (Å²) in [6.07, 6.45) is 1.13. The fraction of sp³-hybridized carbons (Fsp3) is 0.923. The number of quaternary nitrogens is 1. The van der Waals surface area contributed by atoms with Gasteiger partial charge in [0.1, 0.15) is 15.5 Å². The van der Waals surface area contributed by atoms with E-state index in [9.17, 15) is 17.6 Å². The minimum absolute atomic E-state index is 0.00982. The van der Waals surface area contributed by atoms with Gasteiger partial charge < -0.3 is 9.59 Å². The van der Waals surface area contributed by atoms with Gasteiger partial charge in [-0.15, -0.1) is 0 Å². The van der Waals surface area contributed by atoms with Crippen molar-refractivity contribution in [2.45, 2.75) is 38.8 Å². The Kier molecular flexibility index (Phi) is 7.10. The Labute approximate surface area is 121 Å². The third-order valence-electron chi connectivity index (χ3n) is 3.04. The van der Waals surface area contributed by atoms with Gasteiger partial charge in [-0.2, -0.15) is 0 Å². The van der Waals surface area contributed by atoms with Crippen LogP contribution in [-0.4, -0.2) is 68.3 Å². The third-order valence-corrected chi connectivity index (χ3v) is 4.78. The molecule has 7 heteroatoms. The van der Waals surface area contributed by atoms with Crippen LogP contribution in [0.4, 0.5) is 4.39 Å². The van der Waals surface area contributed by atoms with Gasteiger partial charge in [-0.3, -0.25) is 0 Å². The molecule has 0 aliphatic heterocycles. The lowest BCUT2D eigenvalue weighted by atomic mass is 10.1. The van der Waals surface area contributed by atoms with Crippen molar-refractivity contribution in [3.8, 4) is 0 Å². The van der Waals surface area contributed by atoms with Crippen LogP contribution in [0, 0.1) is 0 Å². The van der Waals surface area contributed by atoms with Gasteiger partial charge in [0, 0.05) is 0 Å². The lowest BCUT2D eigenvalue weighted by Crippen LogP contribution is -2.44. The molecule has 5 nitrogen and oxygen atoms in total. The fourth-order valence-corrected chi connectivity index (χ4v) is 3.45. The molecule has 0 bridgehead atoms. The van der Waals surface area contributed by atoms with E-state index in [2.05, 4.69) is 0 Å². The molecular formula is C13H27FNO4S+. The minimum atomic E-state index is -3.22.